The van der Waals surface area contributed by atoms with Crippen LogP contribution in [-0.2, 0) is 16.1 Å². The molecule has 1 fully saturated rings. The van der Waals surface area contributed by atoms with Crippen molar-refractivity contribution in [3.63, 3.8) is 0 Å². The molecule has 1 saturated heterocycles. The molecule has 0 bridgehead atoms. The van der Waals surface area contributed by atoms with E-state index >= 15 is 0 Å². The van der Waals surface area contributed by atoms with Crippen molar-refractivity contribution in [2.75, 3.05) is 11.9 Å². The minimum absolute atomic E-state index is 0.0909. The fourth-order valence-electron chi connectivity index (χ4n) is 3.94. The number of cyclic esters (lactones) is 1. The minimum atomic E-state index is -0.916. The largest absolute Gasteiger partial charge is 0.438 e. The fourth-order valence-corrected chi connectivity index (χ4v) is 4.13. The van der Waals surface area contributed by atoms with Gasteiger partial charge >= 0.3 is 6.09 Å². The molecular weight excluding hydrogens is 485 g/mol. The molecular formula is C27H25ClFN3O4. The number of carbonyl (C=O) groups excluding carboxylic acids is 3. The Kier molecular flexibility index (Phi) is 7.85. The van der Waals surface area contributed by atoms with Crippen LogP contribution in [0, 0.1) is 5.82 Å². The van der Waals surface area contributed by atoms with Crippen LogP contribution >= 0.6 is 11.6 Å². The van der Waals surface area contributed by atoms with Gasteiger partial charge in [-0.25, -0.2) is 9.18 Å². The summed E-state index contributed by atoms with van der Waals surface area (Å²) in [6, 6.07) is 18.2. The molecule has 3 aromatic carbocycles. The molecule has 0 unspecified atom stereocenters. The molecule has 1 heterocycles. The normalized spacial score (nSPS) is 17.0. The van der Waals surface area contributed by atoms with Gasteiger partial charge in [0, 0.05) is 22.8 Å². The first kappa shape index (κ1) is 25.2. The Morgan fingerprint density at radius 2 is 1.78 bits per heavy atom. The molecule has 186 valence electrons. The first-order valence-corrected chi connectivity index (χ1v) is 11.9. The van der Waals surface area contributed by atoms with Crippen LogP contribution in [0.25, 0.3) is 0 Å². The first-order valence-electron chi connectivity index (χ1n) is 11.5. The summed E-state index contributed by atoms with van der Waals surface area (Å²) < 4.78 is 19.0. The van der Waals surface area contributed by atoms with E-state index < -0.39 is 18.2 Å². The second kappa shape index (κ2) is 11.2. The number of carbonyl (C=O) groups is 3. The zero-order chi connectivity index (χ0) is 25.7. The SMILES string of the molecule is CCCNC(=O)[C@@H]1[C@@H](c2ccc(NC(=O)c3cccc(Cl)c3)cc2)OC(=O)N1Cc1ccc(F)cc1. The van der Waals surface area contributed by atoms with Crippen LogP contribution in [0.3, 0.4) is 0 Å². The van der Waals surface area contributed by atoms with Crippen LogP contribution in [-0.4, -0.2) is 35.4 Å². The number of halogens is 2. The van der Waals surface area contributed by atoms with Crippen molar-refractivity contribution in [1.82, 2.24) is 10.2 Å². The summed E-state index contributed by atoms with van der Waals surface area (Å²) in [6.07, 6.45) is -0.761. The van der Waals surface area contributed by atoms with Crippen LogP contribution < -0.4 is 10.6 Å². The van der Waals surface area contributed by atoms with E-state index in [-0.39, 0.29) is 24.2 Å². The maximum Gasteiger partial charge on any atom is 0.411 e. The number of benzene rings is 3. The number of amides is 3. The third kappa shape index (κ3) is 5.83. The van der Waals surface area contributed by atoms with Crippen LogP contribution in [0.15, 0.2) is 72.8 Å². The minimum Gasteiger partial charge on any atom is -0.438 e. The summed E-state index contributed by atoms with van der Waals surface area (Å²) in [5.41, 5.74) is 2.22. The van der Waals surface area contributed by atoms with E-state index in [1.165, 1.54) is 17.0 Å². The highest BCUT2D eigenvalue weighted by atomic mass is 35.5. The van der Waals surface area contributed by atoms with Crippen molar-refractivity contribution in [3.8, 4) is 0 Å². The van der Waals surface area contributed by atoms with E-state index in [4.69, 9.17) is 16.3 Å². The lowest BCUT2D eigenvalue weighted by Gasteiger charge is -2.24. The summed E-state index contributed by atoms with van der Waals surface area (Å²) in [4.78, 5) is 39.7. The Morgan fingerprint density at radius 3 is 2.44 bits per heavy atom. The molecule has 1 aliphatic heterocycles. The Hall–Kier alpha value is -3.91. The van der Waals surface area contributed by atoms with Gasteiger partial charge in [0.15, 0.2) is 12.1 Å². The lowest BCUT2D eigenvalue weighted by molar-refractivity contribution is -0.126. The predicted octanol–water partition coefficient (Wildman–Crippen LogP) is 5.32. The van der Waals surface area contributed by atoms with Gasteiger partial charge in [-0.05, 0) is 60.0 Å². The van der Waals surface area contributed by atoms with E-state index in [9.17, 15) is 18.8 Å². The Labute approximate surface area is 213 Å². The molecule has 0 aromatic heterocycles. The highest BCUT2D eigenvalue weighted by Gasteiger charge is 2.46. The Morgan fingerprint density at radius 1 is 1.06 bits per heavy atom. The predicted molar refractivity (Wildman–Crippen MR) is 134 cm³/mol. The molecule has 7 nitrogen and oxygen atoms in total. The van der Waals surface area contributed by atoms with E-state index in [0.717, 1.165) is 6.42 Å². The highest BCUT2D eigenvalue weighted by Crippen LogP contribution is 2.34. The third-order valence-electron chi connectivity index (χ3n) is 5.75. The fraction of sp³-hybridized carbons (Fsp3) is 0.222. The molecule has 9 heteroatoms. The van der Waals surface area contributed by atoms with Crippen molar-refractivity contribution in [2.45, 2.75) is 32.0 Å². The van der Waals surface area contributed by atoms with Gasteiger partial charge in [0.1, 0.15) is 5.82 Å². The molecule has 3 amide bonds. The second-order valence-corrected chi connectivity index (χ2v) is 8.82. The smallest absolute Gasteiger partial charge is 0.411 e. The number of ether oxygens (including phenoxy) is 1. The van der Waals surface area contributed by atoms with Gasteiger partial charge in [-0.15, -0.1) is 0 Å². The number of rotatable bonds is 8. The van der Waals surface area contributed by atoms with Crippen molar-refractivity contribution >= 4 is 35.2 Å². The van der Waals surface area contributed by atoms with E-state index in [2.05, 4.69) is 10.6 Å². The molecule has 2 N–H and O–H groups in total. The van der Waals surface area contributed by atoms with Crippen LogP contribution in [0.5, 0.6) is 0 Å². The first-order chi connectivity index (χ1) is 17.4. The summed E-state index contributed by atoms with van der Waals surface area (Å²) in [7, 11) is 0. The van der Waals surface area contributed by atoms with E-state index in [1.807, 2.05) is 6.92 Å². The molecule has 0 saturated carbocycles. The van der Waals surface area contributed by atoms with Crippen LogP contribution in [0.1, 0.15) is 40.9 Å². The number of anilines is 1. The monoisotopic (exact) mass is 509 g/mol. The molecule has 0 radical (unpaired) electrons. The number of nitrogens with one attached hydrogen (secondary N) is 2. The van der Waals surface area contributed by atoms with Gasteiger partial charge in [-0.1, -0.05) is 48.9 Å². The van der Waals surface area contributed by atoms with Gasteiger partial charge in [-0.3, -0.25) is 14.5 Å². The number of hydrogen-bond donors (Lipinski definition) is 2. The standard InChI is InChI=1S/C27H25ClFN3O4/c1-2-14-30-26(34)23-24(36-27(35)32(23)16-17-6-10-21(29)11-7-17)18-8-12-22(13-9-18)31-25(33)19-4-3-5-20(28)15-19/h3-13,15,23-24H,2,14,16H2,1H3,(H,30,34)(H,31,33)/t23-,24+/m0/s1. The van der Waals surface area contributed by atoms with Crippen molar-refractivity contribution in [2.24, 2.45) is 0 Å². The second-order valence-electron chi connectivity index (χ2n) is 8.38. The van der Waals surface area contributed by atoms with Crippen molar-refractivity contribution < 1.29 is 23.5 Å². The summed E-state index contributed by atoms with van der Waals surface area (Å²) >= 11 is 5.96. The number of nitrogens with zero attached hydrogens (tertiary/aromatic N) is 1. The van der Waals surface area contributed by atoms with Gasteiger partial charge in [0.05, 0.1) is 6.54 Å². The average molecular weight is 510 g/mol. The maximum absolute atomic E-state index is 13.3. The quantitative estimate of drug-likeness (QED) is 0.430. The zero-order valence-corrected chi connectivity index (χ0v) is 20.3. The molecule has 2 atom stereocenters. The molecule has 1 aliphatic rings. The summed E-state index contributed by atoms with van der Waals surface area (Å²) in [5.74, 6) is -1.05. The van der Waals surface area contributed by atoms with Crippen molar-refractivity contribution in [3.05, 3.63) is 100 Å². The van der Waals surface area contributed by atoms with E-state index in [1.54, 1.807) is 60.7 Å². The zero-order valence-electron chi connectivity index (χ0n) is 19.5. The van der Waals surface area contributed by atoms with Crippen LogP contribution in [0.2, 0.25) is 5.02 Å². The average Bonchev–Trinajstić information content (AvgIpc) is 3.20. The molecule has 36 heavy (non-hydrogen) atoms. The lowest BCUT2D eigenvalue weighted by atomic mass is 10.00. The lowest BCUT2D eigenvalue weighted by Crippen LogP contribution is -2.46. The molecule has 0 aliphatic carbocycles. The van der Waals surface area contributed by atoms with Gasteiger partial charge in [-0.2, -0.15) is 0 Å². The summed E-state index contributed by atoms with van der Waals surface area (Å²) in [5, 5.41) is 6.09. The number of hydrogen-bond acceptors (Lipinski definition) is 4. The molecule has 4 rings (SSSR count). The van der Waals surface area contributed by atoms with Crippen molar-refractivity contribution in [1.29, 1.82) is 0 Å². The van der Waals surface area contributed by atoms with Gasteiger partial charge in [0.25, 0.3) is 5.91 Å². The molecule has 0 spiro atoms. The Bertz CT molecular complexity index is 1250. The third-order valence-corrected chi connectivity index (χ3v) is 5.99. The highest BCUT2D eigenvalue weighted by molar-refractivity contribution is 6.31. The Balaban J connectivity index is 1.54. The summed E-state index contributed by atoms with van der Waals surface area (Å²) in [6.45, 7) is 2.48. The molecule has 3 aromatic rings. The van der Waals surface area contributed by atoms with Gasteiger partial charge < -0.3 is 15.4 Å². The topological polar surface area (TPSA) is 87.7 Å². The van der Waals surface area contributed by atoms with Gasteiger partial charge in [0.2, 0.25) is 5.91 Å². The van der Waals surface area contributed by atoms with E-state index in [0.29, 0.717) is 33.9 Å². The van der Waals surface area contributed by atoms with Crippen LogP contribution in [0.4, 0.5) is 14.9 Å². The maximum atomic E-state index is 13.3.